The van der Waals surface area contributed by atoms with Gasteiger partial charge in [0.15, 0.2) is 5.69 Å². The molecule has 0 fully saturated rings. The van der Waals surface area contributed by atoms with Gasteiger partial charge in [0.25, 0.3) is 0 Å². The van der Waals surface area contributed by atoms with Crippen LogP contribution in [0.2, 0.25) is 5.02 Å². The van der Waals surface area contributed by atoms with E-state index in [4.69, 9.17) is 11.6 Å². The number of benzene rings is 3. The van der Waals surface area contributed by atoms with Crippen LogP contribution in [-0.4, -0.2) is 44.1 Å². The molecule has 0 aliphatic carbocycles. The molecule has 378 valence electrons. The Hall–Kier alpha value is -6.41. The molecule has 71 heavy (non-hydrogen) atoms. The molecule has 0 saturated carbocycles. The van der Waals surface area contributed by atoms with Crippen molar-refractivity contribution in [1.82, 2.24) is 44.1 Å². The van der Waals surface area contributed by atoms with Gasteiger partial charge in [-0.2, -0.15) is 33.6 Å². The first-order chi connectivity index (χ1) is 32.7. The van der Waals surface area contributed by atoms with Crippen LogP contribution in [-0.2, 0) is 56.0 Å². The van der Waals surface area contributed by atoms with Crippen molar-refractivity contribution in [2.45, 2.75) is 111 Å². The van der Waals surface area contributed by atoms with E-state index < -0.39 is 23.5 Å². The van der Waals surface area contributed by atoms with Crippen LogP contribution in [0.5, 0.6) is 0 Å². The van der Waals surface area contributed by atoms with Crippen molar-refractivity contribution in [3.05, 3.63) is 161 Å². The number of nitrogens with zero attached hydrogens (tertiary/aromatic N) is 9. The summed E-state index contributed by atoms with van der Waals surface area (Å²) >= 11 is 6.19. The van der Waals surface area contributed by atoms with Gasteiger partial charge >= 0.3 is 6.18 Å². The molecule has 0 aliphatic rings. The predicted octanol–water partition coefficient (Wildman–Crippen LogP) is 14.9. The lowest BCUT2D eigenvalue weighted by molar-refractivity contribution is -0.141. The monoisotopic (exact) mass is 996 g/mol. The highest BCUT2D eigenvalue weighted by Gasteiger charge is 2.37. The number of halogens is 6. The minimum absolute atomic E-state index is 0.00414. The molecule has 0 bridgehead atoms. The van der Waals surface area contributed by atoms with E-state index in [1.54, 1.807) is 40.8 Å². The van der Waals surface area contributed by atoms with Crippen LogP contribution < -0.4 is 0 Å². The van der Waals surface area contributed by atoms with E-state index in [2.05, 4.69) is 85.1 Å². The van der Waals surface area contributed by atoms with Crippen LogP contribution in [0.4, 0.5) is 22.0 Å². The molecule has 8 rings (SSSR count). The van der Waals surface area contributed by atoms with Gasteiger partial charge in [0.2, 0.25) is 0 Å². The fourth-order valence-electron chi connectivity index (χ4n) is 7.33. The van der Waals surface area contributed by atoms with Crippen molar-refractivity contribution in [1.29, 1.82) is 0 Å². The first-order valence-electron chi connectivity index (χ1n) is 23.2. The molecule has 0 spiro atoms. The second kappa shape index (κ2) is 21.5. The van der Waals surface area contributed by atoms with Gasteiger partial charge in [-0.05, 0) is 79.3 Å². The SMILES string of the molecule is Cn1cc(-c2c(F)ccc(C(C)(C)C)c2F)cn1.Cn1cc(-c2cc(Cl)cc(C(C)(C)C)c2)cn1.Cn1cc(-c2ccc(C(C)(C)C)cn2)cn1.Cn1cc(-c2cccc(C(C)(C)C)c2)c(C(F)(F)F)n1. The van der Waals surface area contributed by atoms with Gasteiger partial charge in [0, 0.05) is 86.5 Å². The predicted molar refractivity (Wildman–Crippen MR) is 277 cm³/mol. The van der Waals surface area contributed by atoms with Crippen molar-refractivity contribution in [3.8, 4) is 44.6 Å². The Morgan fingerprint density at radius 3 is 1.49 bits per heavy atom. The van der Waals surface area contributed by atoms with Crippen molar-refractivity contribution in [2.24, 2.45) is 28.2 Å². The highest BCUT2D eigenvalue weighted by molar-refractivity contribution is 6.31. The summed E-state index contributed by atoms with van der Waals surface area (Å²) < 4.78 is 73.6. The summed E-state index contributed by atoms with van der Waals surface area (Å²) in [5.74, 6) is -1.07. The zero-order valence-electron chi connectivity index (χ0n) is 43.8. The fourth-order valence-corrected chi connectivity index (χ4v) is 7.57. The number of hydrogen-bond acceptors (Lipinski definition) is 5. The van der Waals surface area contributed by atoms with Crippen LogP contribution >= 0.6 is 11.6 Å². The number of aryl methyl sites for hydroxylation is 4. The molecular formula is C56H67ClF5N9. The van der Waals surface area contributed by atoms with E-state index in [1.807, 2.05) is 105 Å². The van der Waals surface area contributed by atoms with Crippen LogP contribution in [0.1, 0.15) is 111 Å². The van der Waals surface area contributed by atoms with Gasteiger partial charge in [0.05, 0.1) is 29.8 Å². The number of pyridine rings is 1. The molecule has 0 amide bonds. The van der Waals surface area contributed by atoms with Crippen molar-refractivity contribution in [2.75, 3.05) is 0 Å². The quantitative estimate of drug-likeness (QED) is 0.164. The topological polar surface area (TPSA) is 84.2 Å². The zero-order chi connectivity index (χ0) is 53.0. The van der Waals surface area contributed by atoms with Gasteiger partial charge in [-0.3, -0.25) is 23.7 Å². The normalized spacial score (nSPS) is 12.1. The fraction of sp³-hybridized carbons (Fsp3) is 0.375. The maximum Gasteiger partial charge on any atom is 0.435 e. The zero-order valence-corrected chi connectivity index (χ0v) is 44.5. The molecule has 8 aromatic rings. The van der Waals surface area contributed by atoms with Gasteiger partial charge in [0.1, 0.15) is 11.6 Å². The van der Waals surface area contributed by atoms with Crippen molar-refractivity contribution >= 4 is 11.6 Å². The van der Waals surface area contributed by atoms with E-state index in [9.17, 15) is 22.0 Å². The largest absolute Gasteiger partial charge is 0.435 e. The number of aromatic nitrogens is 9. The molecule has 15 heteroatoms. The minimum Gasteiger partial charge on any atom is -0.275 e. The van der Waals surface area contributed by atoms with E-state index in [-0.39, 0.29) is 32.8 Å². The third kappa shape index (κ3) is 14.8. The summed E-state index contributed by atoms with van der Waals surface area (Å²) in [6.45, 7) is 24.9. The maximum absolute atomic E-state index is 14.4. The van der Waals surface area contributed by atoms with Crippen LogP contribution in [0, 0.1) is 11.6 Å². The van der Waals surface area contributed by atoms with Crippen molar-refractivity contribution in [3.63, 3.8) is 0 Å². The second-order valence-corrected chi connectivity index (χ2v) is 22.2. The molecule has 0 saturated heterocycles. The van der Waals surface area contributed by atoms with Gasteiger partial charge in [-0.15, -0.1) is 0 Å². The average Bonchev–Trinajstić information content (AvgIpc) is 4.08. The van der Waals surface area contributed by atoms with Crippen LogP contribution in [0.25, 0.3) is 44.6 Å². The molecule has 5 aromatic heterocycles. The molecule has 9 nitrogen and oxygen atoms in total. The minimum atomic E-state index is -4.45. The van der Waals surface area contributed by atoms with Crippen molar-refractivity contribution < 1.29 is 22.0 Å². The molecule has 0 aliphatic heterocycles. The lowest BCUT2D eigenvalue weighted by Gasteiger charge is -2.21. The third-order valence-electron chi connectivity index (χ3n) is 11.5. The summed E-state index contributed by atoms with van der Waals surface area (Å²) in [6.07, 6.45) is 9.64. The third-order valence-corrected chi connectivity index (χ3v) is 11.7. The Morgan fingerprint density at radius 2 is 1.01 bits per heavy atom. The highest BCUT2D eigenvalue weighted by atomic mass is 35.5. The smallest absolute Gasteiger partial charge is 0.275 e. The number of alkyl halides is 3. The Labute approximate surface area is 420 Å². The standard InChI is InChI=1S/C15H17F3N2.C14H17ClN2.C14H16F2N2.C13H17N3/c1-14(2,3)11-7-5-6-10(8-11)12-9-20(4)19-13(12)15(16,17)18;1-14(2,3)12-5-10(6-13(15)7-12)11-8-16-17(4)9-11;1-14(2,3)10-5-6-11(15)12(13(10)16)9-7-17-18(4)8-9;1-13(2,3)11-5-6-12(14-8-11)10-7-15-16(4)9-10/h5-9H,1-4H3;5-9H,1-4H3;5-8H,1-4H3;5-9H,1-4H3. The summed E-state index contributed by atoms with van der Waals surface area (Å²) in [4.78, 5) is 4.48. The lowest BCUT2D eigenvalue weighted by Crippen LogP contribution is -2.14. The molecule has 5 heterocycles. The Morgan fingerprint density at radius 1 is 0.479 bits per heavy atom. The van der Waals surface area contributed by atoms with Gasteiger partial charge < -0.3 is 0 Å². The summed E-state index contributed by atoms with van der Waals surface area (Å²) in [6, 6.07) is 20.4. The Balaban J connectivity index is 0.000000177. The van der Waals surface area contributed by atoms with E-state index >= 15 is 0 Å². The van der Waals surface area contributed by atoms with E-state index in [0.29, 0.717) is 16.7 Å². The van der Waals surface area contributed by atoms with Crippen LogP contribution in [0.3, 0.4) is 0 Å². The molecule has 0 radical (unpaired) electrons. The Kier molecular flexibility index (Phi) is 16.8. The molecule has 0 unspecified atom stereocenters. The molecule has 3 aromatic carbocycles. The maximum atomic E-state index is 14.4. The molecular weight excluding hydrogens is 929 g/mol. The first kappa shape index (κ1) is 55.5. The number of hydrogen-bond donors (Lipinski definition) is 0. The Bertz CT molecular complexity index is 3040. The average molecular weight is 997 g/mol. The highest BCUT2D eigenvalue weighted by Crippen LogP contribution is 2.38. The first-order valence-corrected chi connectivity index (χ1v) is 23.5. The lowest BCUT2D eigenvalue weighted by atomic mass is 9.85. The van der Waals surface area contributed by atoms with Crippen LogP contribution in [0.15, 0.2) is 116 Å². The molecule has 0 N–H and O–H groups in total. The summed E-state index contributed by atoms with van der Waals surface area (Å²) in [5, 5.41) is 16.6. The summed E-state index contributed by atoms with van der Waals surface area (Å²) in [5.41, 5.74) is 8.27. The van der Waals surface area contributed by atoms with E-state index in [0.717, 1.165) is 33.0 Å². The van der Waals surface area contributed by atoms with Gasteiger partial charge in [-0.1, -0.05) is 137 Å². The number of rotatable bonds is 4. The van der Waals surface area contributed by atoms with E-state index in [1.165, 1.54) is 52.1 Å². The molecule has 0 atom stereocenters. The summed E-state index contributed by atoms with van der Waals surface area (Å²) in [7, 11) is 7.03. The van der Waals surface area contributed by atoms with Gasteiger partial charge in [-0.25, -0.2) is 8.78 Å². The second-order valence-electron chi connectivity index (χ2n) is 21.8.